The number of hydrogen-bond acceptors (Lipinski definition) is 4. The number of benzene rings is 1. The second kappa shape index (κ2) is 7.77. The molecule has 1 saturated carbocycles. The Kier molecular flexibility index (Phi) is 5.64. The summed E-state index contributed by atoms with van der Waals surface area (Å²) in [5.41, 5.74) is 7.65. The Bertz CT molecular complexity index is 625. The van der Waals surface area contributed by atoms with Crippen LogP contribution in [0.5, 0.6) is 5.75 Å². The van der Waals surface area contributed by atoms with Crippen LogP contribution >= 0.6 is 0 Å². The average Bonchev–Trinajstić information content (AvgIpc) is 3.08. The molecule has 1 aliphatic heterocycles. The largest absolute Gasteiger partial charge is 0.488 e. The zero-order valence-corrected chi connectivity index (χ0v) is 16.3. The van der Waals surface area contributed by atoms with Gasteiger partial charge < -0.3 is 20.1 Å². The van der Waals surface area contributed by atoms with E-state index in [4.69, 9.17) is 15.2 Å². The van der Waals surface area contributed by atoms with Crippen LogP contribution in [0.25, 0.3) is 0 Å². The van der Waals surface area contributed by atoms with E-state index in [1.807, 2.05) is 31.7 Å². The van der Waals surface area contributed by atoms with Crippen molar-refractivity contribution in [2.24, 2.45) is 0 Å². The highest BCUT2D eigenvalue weighted by molar-refractivity contribution is 5.68. The molecular formula is C21H32N2O3. The molecule has 0 atom stereocenters. The van der Waals surface area contributed by atoms with E-state index in [-0.39, 0.29) is 6.09 Å². The van der Waals surface area contributed by atoms with Gasteiger partial charge in [0.1, 0.15) is 11.4 Å². The summed E-state index contributed by atoms with van der Waals surface area (Å²) < 4.78 is 11.6. The minimum atomic E-state index is -0.447. The van der Waals surface area contributed by atoms with Crippen LogP contribution in [0.2, 0.25) is 0 Å². The van der Waals surface area contributed by atoms with E-state index in [0.717, 1.165) is 44.5 Å². The van der Waals surface area contributed by atoms with E-state index in [9.17, 15) is 4.79 Å². The third-order valence-electron chi connectivity index (χ3n) is 5.25. The van der Waals surface area contributed by atoms with Crippen molar-refractivity contribution in [3.05, 3.63) is 23.8 Å². The third-order valence-corrected chi connectivity index (χ3v) is 5.25. The Labute approximate surface area is 156 Å². The van der Waals surface area contributed by atoms with Crippen LogP contribution in [0.4, 0.5) is 10.5 Å². The molecule has 0 radical (unpaired) electrons. The van der Waals surface area contributed by atoms with Gasteiger partial charge in [-0.1, -0.05) is 6.07 Å². The number of rotatable bonds is 3. The highest BCUT2D eigenvalue weighted by Gasteiger charge is 2.28. The van der Waals surface area contributed by atoms with E-state index in [0.29, 0.717) is 17.7 Å². The van der Waals surface area contributed by atoms with E-state index >= 15 is 0 Å². The van der Waals surface area contributed by atoms with Crippen molar-refractivity contribution < 1.29 is 14.3 Å². The molecule has 5 nitrogen and oxygen atoms in total. The van der Waals surface area contributed by atoms with Crippen LogP contribution in [0.1, 0.15) is 70.8 Å². The molecule has 144 valence electrons. The number of piperidine rings is 1. The zero-order chi connectivity index (χ0) is 18.7. The predicted molar refractivity (Wildman–Crippen MR) is 104 cm³/mol. The molecule has 2 N–H and O–H groups in total. The van der Waals surface area contributed by atoms with Gasteiger partial charge in [-0.3, -0.25) is 0 Å². The van der Waals surface area contributed by atoms with Crippen molar-refractivity contribution in [3.63, 3.8) is 0 Å². The highest BCUT2D eigenvalue weighted by Crippen LogP contribution is 2.35. The molecule has 3 rings (SSSR count). The van der Waals surface area contributed by atoms with E-state index < -0.39 is 5.60 Å². The number of anilines is 1. The Balaban J connectivity index is 1.59. The Hall–Kier alpha value is -1.91. The third kappa shape index (κ3) is 4.83. The fourth-order valence-electron chi connectivity index (χ4n) is 3.81. The van der Waals surface area contributed by atoms with Crippen LogP contribution < -0.4 is 10.5 Å². The lowest BCUT2D eigenvalue weighted by atomic mass is 9.89. The SMILES string of the molecule is CC(C)(C)OC(=O)N1CCC(c2ccc(N)c(OC3CCCC3)c2)CC1. The molecule has 2 aliphatic rings. The molecule has 0 bridgehead atoms. The number of nitrogen functional groups attached to an aromatic ring is 1. The molecule has 1 aromatic rings. The Morgan fingerprint density at radius 2 is 1.77 bits per heavy atom. The van der Waals surface area contributed by atoms with Crippen LogP contribution in [0, 0.1) is 0 Å². The van der Waals surface area contributed by atoms with Gasteiger partial charge in [-0.05, 0) is 82.9 Å². The summed E-state index contributed by atoms with van der Waals surface area (Å²) in [4.78, 5) is 14.0. The lowest BCUT2D eigenvalue weighted by Gasteiger charge is -2.33. The van der Waals surface area contributed by atoms with Gasteiger partial charge in [0.15, 0.2) is 0 Å². The maximum atomic E-state index is 12.2. The van der Waals surface area contributed by atoms with Gasteiger partial charge in [0, 0.05) is 13.1 Å². The molecule has 0 spiro atoms. The molecule has 0 aromatic heterocycles. The number of carbonyl (C=O) groups excluding carboxylic acids is 1. The minimum Gasteiger partial charge on any atom is -0.488 e. The average molecular weight is 360 g/mol. The fraction of sp³-hybridized carbons (Fsp3) is 0.667. The molecule has 1 saturated heterocycles. The highest BCUT2D eigenvalue weighted by atomic mass is 16.6. The monoisotopic (exact) mass is 360 g/mol. The lowest BCUT2D eigenvalue weighted by Crippen LogP contribution is -2.41. The van der Waals surface area contributed by atoms with E-state index in [2.05, 4.69) is 12.1 Å². The molecule has 1 heterocycles. The molecular weight excluding hydrogens is 328 g/mol. The summed E-state index contributed by atoms with van der Waals surface area (Å²) in [5, 5.41) is 0. The number of nitrogens with two attached hydrogens (primary N) is 1. The molecule has 5 heteroatoms. The maximum Gasteiger partial charge on any atom is 0.410 e. The summed E-state index contributed by atoms with van der Waals surface area (Å²) in [5.74, 6) is 1.25. The molecule has 2 fully saturated rings. The summed E-state index contributed by atoms with van der Waals surface area (Å²) in [6, 6.07) is 6.17. The summed E-state index contributed by atoms with van der Waals surface area (Å²) >= 11 is 0. The summed E-state index contributed by atoms with van der Waals surface area (Å²) in [6.45, 7) is 7.15. The number of nitrogens with zero attached hydrogens (tertiary/aromatic N) is 1. The second-order valence-electron chi connectivity index (χ2n) is 8.56. The van der Waals surface area contributed by atoms with Crippen molar-refractivity contribution in [2.75, 3.05) is 18.8 Å². The van der Waals surface area contributed by atoms with Gasteiger partial charge in [-0.15, -0.1) is 0 Å². The minimum absolute atomic E-state index is 0.210. The Morgan fingerprint density at radius 1 is 1.12 bits per heavy atom. The van der Waals surface area contributed by atoms with Crippen LogP contribution in [-0.2, 0) is 4.74 Å². The van der Waals surface area contributed by atoms with Crippen molar-refractivity contribution in [2.45, 2.75) is 76.9 Å². The number of amides is 1. The number of ether oxygens (including phenoxy) is 2. The quantitative estimate of drug-likeness (QED) is 0.793. The molecule has 1 aliphatic carbocycles. The van der Waals surface area contributed by atoms with Crippen molar-refractivity contribution in [1.82, 2.24) is 4.90 Å². The van der Waals surface area contributed by atoms with Crippen molar-refractivity contribution in [3.8, 4) is 5.75 Å². The summed E-state index contributed by atoms with van der Waals surface area (Å²) in [7, 11) is 0. The van der Waals surface area contributed by atoms with Gasteiger partial charge >= 0.3 is 6.09 Å². The smallest absolute Gasteiger partial charge is 0.410 e. The second-order valence-corrected chi connectivity index (χ2v) is 8.56. The van der Waals surface area contributed by atoms with Crippen molar-refractivity contribution in [1.29, 1.82) is 0 Å². The number of carbonyl (C=O) groups is 1. The molecule has 1 amide bonds. The molecule has 1 aromatic carbocycles. The van der Waals surface area contributed by atoms with Crippen LogP contribution in [0.15, 0.2) is 18.2 Å². The first-order valence-electron chi connectivity index (χ1n) is 9.86. The molecule has 0 unspecified atom stereocenters. The topological polar surface area (TPSA) is 64.8 Å². The van der Waals surface area contributed by atoms with Gasteiger partial charge in [-0.2, -0.15) is 0 Å². The number of hydrogen-bond donors (Lipinski definition) is 1. The first kappa shape index (κ1) is 18.9. The van der Waals surface area contributed by atoms with Crippen molar-refractivity contribution >= 4 is 11.8 Å². The predicted octanol–water partition coefficient (Wildman–Crippen LogP) is 4.70. The lowest BCUT2D eigenvalue weighted by molar-refractivity contribution is 0.0204. The first-order chi connectivity index (χ1) is 12.3. The maximum absolute atomic E-state index is 12.2. The fourth-order valence-corrected chi connectivity index (χ4v) is 3.81. The van der Waals surface area contributed by atoms with Crippen LogP contribution in [-0.4, -0.2) is 35.8 Å². The summed E-state index contributed by atoms with van der Waals surface area (Å²) in [6.07, 6.45) is 6.70. The normalized spacial score (nSPS) is 19.6. The zero-order valence-electron chi connectivity index (χ0n) is 16.3. The van der Waals surface area contributed by atoms with E-state index in [1.54, 1.807) is 0 Å². The van der Waals surface area contributed by atoms with Gasteiger partial charge in [0.25, 0.3) is 0 Å². The molecule has 26 heavy (non-hydrogen) atoms. The van der Waals surface area contributed by atoms with E-state index in [1.165, 1.54) is 18.4 Å². The first-order valence-corrected chi connectivity index (χ1v) is 9.86. The Morgan fingerprint density at radius 3 is 2.38 bits per heavy atom. The van der Waals surface area contributed by atoms with Gasteiger partial charge in [-0.25, -0.2) is 4.79 Å². The van der Waals surface area contributed by atoms with Gasteiger partial charge in [0.2, 0.25) is 0 Å². The van der Waals surface area contributed by atoms with Crippen LogP contribution in [0.3, 0.4) is 0 Å². The standard InChI is InChI=1S/C21H32N2O3/c1-21(2,3)26-20(24)23-12-10-15(11-13-23)16-8-9-18(22)19(14-16)25-17-6-4-5-7-17/h8-9,14-15,17H,4-7,10-13,22H2,1-3H3. The number of likely N-dealkylation sites (tertiary alicyclic amines) is 1. The van der Waals surface area contributed by atoms with Gasteiger partial charge in [0.05, 0.1) is 11.8 Å².